The molecule has 0 bridgehead atoms. The maximum absolute atomic E-state index is 11.1. The first-order valence-corrected chi connectivity index (χ1v) is 31.5. The third-order valence-electron chi connectivity index (χ3n) is 16.2. The minimum Gasteiger partial charge on any atom is -0.510 e. The number of hydrogen-bond donors (Lipinski definition) is 0. The molecule has 0 amide bonds. The SMILES string of the molecule is [2H]c1c([2H])c([2H])c(-c2ccc3c(c2)n(-c2[c-]c(Oc4[c-]c5c(cc4)c4ccccc4n5-c4cc(C([2H])([2H])[2H])c(-c5c([2H])c([2H])c([2H])c([2H])c5[2H])cn4)ccc2)[c-][n+]3-c2c(-c3cc(C(C)(C)C)cc(C(C)(C)C)c3)cccc2-c2c([2H])c([2H])c([2H])c([Si](c3c([2H])c([2H])c([2H])c([2H])c3[2H])(c3c([2H])c([2H])c([2H])c([2H])c3[2H])c3c([2H])c([2H])c([2H])c([2H])c3[2H])c2[2H])c([2H])c1[2H].[Pt]. The quantitative estimate of drug-likeness (QED) is 0.0499. The van der Waals surface area contributed by atoms with Crippen LogP contribution in [0.2, 0.25) is 0 Å². The Balaban J connectivity index is 0.0000129. The van der Waals surface area contributed by atoms with Crippen LogP contribution in [0.15, 0.2) is 297 Å². The Hall–Kier alpha value is -10.2. The van der Waals surface area contributed by atoms with Gasteiger partial charge < -0.3 is 13.9 Å². The summed E-state index contributed by atoms with van der Waals surface area (Å²) in [5.74, 6) is 0.0804. The molecule has 0 atom stereocenters. The summed E-state index contributed by atoms with van der Waals surface area (Å²) in [6, 6.07) is 10.2. The summed E-state index contributed by atoms with van der Waals surface area (Å²) in [5.41, 5.74) is 0.280. The molecule has 0 saturated carbocycles. The molecule has 0 aliphatic rings. The van der Waals surface area contributed by atoms with Crippen LogP contribution >= 0.6 is 0 Å². The molecule has 0 N–H and O–H groups in total. The predicted molar refractivity (Wildman–Crippen MR) is 387 cm³/mol. The molecule has 94 heavy (non-hydrogen) atoms. The molecule has 0 spiro atoms. The van der Waals surface area contributed by atoms with Crippen LogP contribution in [0.1, 0.15) is 102 Å². The first-order valence-electron chi connectivity index (χ1n) is 45.5. The molecule has 3 aromatic heterocycles. The van der Waals surface area contributed by atoms with Gasteiger partial charge in [0.15, 0.2) is 8.07 Å². The molecule has 7 heteroatoms. The molecule has 0 aliphatic carbocycles. The van der Waals surface area contributed by atoms with E-state index in [2.05, 4.69) is 18.5 Å². The Morgan fingerprint density at radius 2 is 1.05 bits per heavy atom. The Morgan fingerprint density at radius 3 is 1.69 bits per heavy atom. The maximum Gasteiger partial charge on any atom is 0.268 e. The van der Waals surface area contributed by atoms with Crippen molar-refractivity contribution in [2.24, 2.45) is 0 Å². The van der Waals surface area contributed by atoms with Gasteiger partial charge in [-0.05, 0) is 123 Å². The molecule has 0 fully saturated rings. The fourth-order valence-electron chi connectivity index (χ4n) is 11.7. The second kappa shape index (κ2) is 25.0. The smallest absolute Gasteiger partial charge is 0.268 e. The van der Waals surface area contributed by atoms with E-state index in [0.29, 0.717) is 27.4 Å². The molecule has 5 nitrogen and oxygen atoms in total. The topological polar surface area (TPSA) is 35.9 Å². The summed E-state index contributed by atoms with van der Waals surface area (Å²) in [6.07, 6.45) is 4.62. The monoisotopic (exact) mass is 1440 g/mol. The first kappa shape index (κ1) is 34.6. The van der Waals surface area contributed by atoms with Gasteiger partial charge in [0.2, 0.25) is 0 Å². The average molecular weight is 1440 g/mol. The largest absolute Gasteiger partial charge is 0.510 e. The Bertz CT molecular complexity index is 6890. The molecular formula is C87H70N4OPtSi-2. The van der Waals surface area contributed by atoms with Crippen molar-refractivity contribution < 1.29 is 74.2 Å². The van der Waals surface area contributed by atoms with Gasteiger partial charge >= 0.3 is 0 Å². The summed E-state index contributed by atoms with van der Waals surface area (Å²) in [4.78, 5) is 4.70. The minimum absolute atomic E-state index is 0. The normalized spacial score (nSPS) is 16.8. The zero-order valence-corrected chi connectivity index (χ0v) is 54.3. The molecule has 15 aromatic rings. The van der Waals surface area contributed by atoms with Gasteiger partial charge in [-0.25, -0.2) is 4.98 Å². The van der Waals surface area contributed by atoms with Crippen molar-refractivity contribution in [2.45, 2.75) is 59.2 Å². The van der Waals surface area contributed by atoms with Crippen molar-refractivity contribution in [3.8, 4) is 73.2 Å². The van der Waals surface area contributed by atoms with Gasteiger partial charge in [-0.15, -0.1) is 29.7 Å². The Morgan fingerprint density at radius 1 is 0.479 bits per heavy atom. The van der Waals surface area contributed by atoms with E-state index >= 15 is 0 Å². The molecule has 0 unspecified atom stereocenters. The van der Waals surface area contributed by atoms with E-state index in [1.807, 2.05) is 65.8 Å². The van der Waals surface area contributed by atoms with Crippen molar-refractivity contribution in [1.82, 2.24) is 14.1 Å². The Kier molecular flexibility index (Phi) is 9.20. The molecule has 0 aliphatic heterocycles. The number of hydrogen-bond acceptors (Lipinski definition) is 2. The fraction of sp³-hybridized carbons (Fsp3) is 0.103. The average Bonchev–Trinajstić information content (AvgIpc) is 0.794. The number of aryl methyl sites for hydroxylation is 1. The van der Waals surface area contributed by atoms with Gasteiger partial charge in [-0.1, -0.05) is 289 Å². The van der Waals surface area contributed by atoms with Gasteiger partial charge in [-0.2, -0.15) is 18.2 Å². The molecule has 460 valence electrons. The van der Waals surface area contributed by atoms with E-state index < -0.39 is 227 Å². The van der Waals surface area contributed by atoms with Gasteiger partial charge in [0, 0.05) is 54.0 Å². The second-order valence-electron chi connectivity index (χ2n) is 24.0. The van der Waals surface area contributed by atoms with Crippen molar-refractivity contribution in [3.63, 3.8) is 0 Å². The Labute approximate surface area is 612 Å². The van der Waals surface area contributed by atoms with Gasteiger partial charge in [0.05, 0.1) is 56.5 Å². The number of nitrogens with zero attached hydrogens (tertiary/aromatic N) is 4. The first-order chi connectivity index (χ1) is 58.5. The van der Waals surface area contributed by atoms with Crippen LogP contribution in [0.4, 0.5) is 0 Å². The summed E-state index contributed by atoms with van der Waals surface area (Å²) >= 11 is 0. The number of para-hydroxylation sites is 2. The van der Waals surface area contributed by atoms with Crippen LogP contribution in [0.25, 0.3) is 94.5 Å². The summed E-state index contributed by atoms with van der Waals surface area (Å²) < 4.78 is 309. The van der Waals surface area contributed by atoms with Gasteiger partial charge in [-0.3, -0.25) is 4.57 Å². The maximum atomic E-state index is 11.1. The summed E-state index contributed by atoms with van der Waals surface area (Å²) in [6.45, 7) is 9.03. The summed E-state index contributed by atoms with van der Waals surface area (Å²) in [5, 5.41) is -2.93. The van der Waals surface area contributed by atoms with Gasteiger partial charge in [0.25, 0.3) is 6.33 Å². The van der Waals surface area contributed by atoms with Gasteiger partial charge in [0.1, 0.15) is 5.82 Å². The third-order valence-corrected chi connectivity index (χ3v) is 20.2. The van der Waals surface area contributed by atoms with Crippen molar-refractivity contribution in [1.29, 1.82) is 0 Å². The zero-order chi connectivity index (χ0) is 91.2. The van der Waals surface area contributed by atoms with Crippen LogP contribution in [-0.4, -0.2) is 22.2 Å². The predicted octanol–water partition coefficient (Wildman–Crippen LogP) is 18.5. The van der Waals surface area contributed by atoms with Crippen molar-refractivity contribution in [2.75, 3.05) is 0 Å². The second-order valence-corrected chi connectivity index (χ2v) is 27.5. The number of pyridine rings is 1. The summed E-state index contributed by atoms with van der Waals surface area (Å²) in [7, 11) is -6.44. The van der Waals surface area contributed by atoms with E-state index in [1.165, 1.54) is 33.4 Å². The number of fused-ring (bicyclic) bond motifs is 4. The van der Waals surface area contributed by atoms with Crippen LogP contribution < -0.4 is 30.1 Å². The molecule has 12 aromatic carbocycles. The van der Waals surface area contributed by atoms with Crippen molar-refractivity contribution in [3.05, 3.63) is 332 Å². The van der Waals surface area contributed by atoms with E-state index in [0.717, 1.165) is 17.3 Å². The molecule has 0 saturated heterocycles. The fourth-order valence-corrected chi connectivity index (χ4v) is 15.2. The zero-order valence-electron chi connectivity index (χ0n) is 83.1. The number of rotatable bonds is 13. The van der Waals surface area contributed by atoms with Crippen LogP contribution in [0, 0.1) is 25.3 Å². The van der Waals surface area contributed by atoms with Crippen LogP contribution in [0.5, 0.6) is 11.5 Å². The standard InChI is InChI=1S/C87H70N4OSi.Pt/c1-60-50-84(88-58-79(60)62-30-15-9-16-31-62)91-80-45-24-23-42-77(80)78-48-47-70(57-82(78)91)92-69-34-26-33-68(56-69)89-59-90(81-49-46-63(54-83(81)89)61-28-13-8-14-29-61)85-75(43-27-44-76(85)65-51-66(86(2,3)4)55-67(52-65)87(5,6)7)64-32-25-41-74(53-64)93(71-35-17-10-18-36-71,72-37-19-11-20-38-72)73-39-21-12-22-40-73;/h8-55,58H,1-7H3;/q-2;/i1D3,8D,9D,10D,11D,12D,13D,14D,15D,16D,17D,18D,19D,20D,21D,22D,25D,28D,29D,30D,31D,32D,35D,36D,37D,38D,39D,40D,41D,53D;. The molecule has 0 radical (unpaired) electrons. The number of ether oxygens (including phenoxy) is 1. The minimum atomic E-state index is -6.44. The molecular weight excluding hydrogens is 1340 g/mol. The van der Waals surface area contributed by atoms with Crippen LogP contribution in [-0.2, 0) is 31.9 Å². The van der Waals surface area contributed by atoms with E-state index in [9.17, 15) is 24.7 Å². The van der Waals surface area contributed by atoms with E-state index in [1.54, 1.807) is 71.3 Å². The number of imidazole rings is 1. The van der Waals surface area contributed by atoms with E-state index in [4.69, 9.17) is 28.9 Å². The third kappa shape index (κ3) is 11.2. The van der Waals surface area contributed by atoms with Crippen LogP contribution in [0.3, 0.4) is 0 Å². The molecule has 15 rings (SSSR count). The van der Waals surface area contributed by atoms with E-state index in [-0.39, 0.29) is 99.7 Å². The number of benzene rings is 12. The van der Waals surface area contributed by atoms with Crippen molar-refractivity contribution >= 4 is 61.7 Å². The molecule has 3 heterocycles. The number of aromatic nitrogens is 4.